The van der Waals surface area contributed by atoms with Crippen molar-refractivity contribution in [3.05, 3.63) is 33.8 Å². The third-order valence-electron chi connectivity index (χ3n) is 2.32. The Hall–Kier alpha value is -1.36. The van der Waals surface area contributed by atoms with Crippen molar-refractivity contribution in [3.8, 4) is 0 Å². The second kappa shape index (κ2) is 6.39. The molecule has 3 N–H and O–H groups in total. The maximum Gasteiger partial charge on any atom is 0.252 e. The molecule has 0 heterocycles. The molecular formula is C12H15BrN2O2. The van der Waals surface area contributed by atoms with Gasteiger partial charge in [0, 0.05) is 17.4 Å². The number of hydrogen-bond donors (Lipinski definition) is 2. The molecular weight excluding hydrogens is 284 g/mol. The largest absolute Gasteiger partial charge is 0.370 e. The van der Waals surface area contributed by atoms with Crippen LogP contribution in [0.3, 0.4) is 0 Å². The lowest BCUT2D eigenvalue weighted by Gasteiger charge is -2.07. The predicted molar refractivity (Wildman–Crippen MR) is 69.6 cm³/mol. The van der Waals surface area contributed by atoms with Gasteiger partial charge in [0.05, 0.1) is 5.56 Å². The molecule has 0 aromatic heterocycles. The van der Waals surface area contributed by atoms with E-state index in [2.05, 4.69) is 21.2 Å². The summed E-state index contributed by atoms with van der Waals surface area (Å²) in [5.74, 6) is -0.499. The molecule has 0 saturated carbocycles. The zero-order chi connectivity index (χ0) is 12.8. The molecule has 0 spiro atoms. The number of carbonyl (C=O) groups is 2. The number of benzene rings is 1. The van der Waals surface area contributed by atoms with Gasteiger partial charge in [-0.3, -0.25) is 9.59 Å². The van der Waals surface area contributed by atoms with Crippen molar-refractivity contribution in [1.29, 1.82) is 0 Å². The van der Waals surface area contributed by atoms with Crippen LogP contribution >= 0.6 is 15.9 Å². The van der Waals surface area contributed by atoms with Gasteiger partial charge >= 0.3 is 0 Å². The van der Waals surface area contributed by atoms with Crippen molar-refractivity contribution in [2.24, 2.45) is 5.73 Å². The Kier molecular flexibility index (Phi) is 5.15. The van der Waals surface area contributed by atoms with Gasteiger partial charge in [-0.15, -0.1) is 0 Å². The van der Waals surface area contributed by atoms with E-state index in [1.54, 1.807) is 6.07 Å². The SMILES string of the molecule is Cc1cccc(C(=O)NCCCC(N)=O)c1Br. The Morgan fingerprint density at radius 3 is 2.76 bits per heavy atom. The van der Waals surface area contributed by atoms with E-state index in [9.17, 15) is 9.59 Å². The molecule has 0 aliphatic carbocycles. The normalized spacial score (nSPS) is 10.0. The number of carbonyl (C=O) groups excluding carboxylic acids is 2. The summed E-state index contributed by atoms with van der Waals surface area (Å²) in [5, 5.41) is 2.75. The van der Waals surface area contributed by atoms with E-state index in [0.29, 0.717) is 18.5 Å². The number of nitrogens with two attached hydrogens (primary N) is 1. The Labute approximate surface area is 109 Å². The highest BCUT2D eigenvalue weighted by molar-refractivity contribution is 9.10. The summed E-state index contributed by atoms with van der Waals surface area (Å²) in [6.07, 6.45) is 0.847. The van der Waals surface area contributed by atoms with Gasteiger partial charge in [-0.1, -0.05) is 12.1 Å². The molecule has 5 heteroatoms. The summed E-state index contributed by atoms with van der Waals surface area (Å²) in [7, 11) is 0. The van der Waals surface area contributed by atoms with E-state index in [1.165, 1.54) is 0 Å². The van der Waals surface area contributed by atoms with Gasteiger partial charge in [0.25, 0.3) is 5.91 Å². The summed E-state index contributed by atoms with van der Waals surface area (Å²) in [6, 6.07) is 5.51. The molecule has 1 rings (SSSR count). The smallest absolute Gasteiger partial charge is 0.252 e. The Balaban J connectivity index is 2.53. The van der Waals surface area contributed by atoms with E-state index in [4.69, 9.17) is 5.73 Å². The highest BCUT2D eigenvalue weighted by atomic mass is 79.9. The van der Waals surface area contributed by atoms with Crippen LogP contribution in [0.4, 0.5) is 0 Å². The fourth-order valence-corrected chi connectivity index (χ4v) is 1.83. The molecule has 0 radical (unpaired) electrons. The molecule has 17 heavy (non-hydrogen) atoms. The summed E-state index contributed by atoms with van der Waals surface area (Å²) in [5.41, 5.74) is 6.62. The lowest BCUT2D eigenvalue weighted by atomic mass is 10.1. The number of nitrogens with one attached hydrogen (secondary N) is 1. The zero-order valence-corrected chi connectivity index (χ0v) is 11.2. The molecule has 2 amide bonds. The number of primary amides is 1. The highest BCUT2D eigenvalue weighted by Crippen LogP contribution is 2.20. The van der Waals surface area contributed by atoms with Gasteiger partial charge in [0.1, 0.15) is 0 Å². The van der Waals surface area contributed by atoms with Crippen molar-refractivity contribution < 1.29 is 9.59 Å². The first-order valence-corrected chi connectivity index (χ1v) is 6.13. The van der Waals surface area contributed by atoms with Crippen LogP contribution in [0, 0.1) is 6.92 Å². The van der Waals surface area contributed by atoms with Gasteiger partial charge in [-0.25, -0.2) is 0 Å². The topological polar surface area (TPSA) is 72.2 Å². The summed E-state index contributed by atoms with van der Waals surface area (Å²) >= 11 is 3.38. The van der Waals surface area contributed by atoms with Crippen molar-refractivity contribution in [2.45, 2.75) is 19.8 Å². The standard InChI is InChI=1S/C12H15BrN2O2/c1-8-4-2-5-9(11(8)13)12(17)15-7-3-6-10(14)16/h2,4-5H,3,6-7H2,1H3,(H2,14,16)(H,15,17). The molecule has 0 aliphatic rings. The number of halogens is 1. The Morgan fingerprint density at radius 1 is 1.41 bits per heavy atom. The maximum absolute atomic E-state index is 11.8. The van der Waals surface area contributed by atoms with Gasteiger partial charge < -0.3 is 11.1 Å². The van der Waals surface area contributed by atoms with Crippen LogP contribution in [-0.4, -0.2) is 18.4 Å². The van der Waals surface area contributed by atoms with Crippen LogP contribution in [0.2, 0.25) is 0 Å². The first-order valence-electron chi connectivity index (χ1n) is 5.34. The number of rotatable bonds is 5. The van der Waals surface area contributed by atoms with Gasteiger partial charge in [-0.2, -0.15) is 0 Å². The van der Waals surface area contributed by atoms with E-state index < -0.39 is 0 Å². The summed E-state index contributed by atoms with van der Waals surface area (Å²) in [6.45, 7) is 2.37. The molecule has 1 aromatic rings. The quantitative estimate of drug-likeness (QED) is 0.813. The van der Waals surface area contributed by atoms with Crippen LogP contribution < -0.4 is 11.1 Å². The van der Waals surface area contributed by atoms with E-state index in [1.807, 2.05) is 19.1 Å². The van der Waals surface area contributed by atoms with Crippen LogP contribution in [0.1, 0.15) is 28.8 Å². The third-order valence-corrected chi connectivity index (χ3v) is 3.37. The van der Waals surface area contributed by atoms with Crippen LogP contribution in [0.15, 0.2) is 22.7 Å². The molecule has 1 aromatic carbocycles. The van der Waals surface area contributed by atoms with E-state index >= 15 is 0 Å². The van der Waals surface area contributed by atoms with Crippen molar-refractivity contribution in [2.75, 3.05) is 6.54 Å². The lowest BCUT2D eigenvalue weighted by molar-refractivity contribution is -0.118. The van der Waals surface area contributed by atoms with Crippen LogP contribution in [0.25, 0.3) is 0 Å². The van der Waals surface area contributed by atoms with Crippen molar-refractivity contribution in [3.63, 3.8) is 0 Å². The lowest BCUT2D eigenvalue weighted by Crippen LogP contribution is -2.26. The van der Waals surface area contributed by atoms with Crippen molar-refractivity contribution in [1.82, 2.24) is 5.32 Å². The van der Waals surface area contributed by atoms with Gasteiger partial charge in [0.15, 0.2) is 0 Å². The molecule has 0 aliphatic heterocycles. The Morgan fingerprint density at radius 2 is 2.12 bits per heavy atom. The molecule has 92 valence electrons. The fraction of sp³-hybridized carbons (Fsp3) is 0.333. The first-order chi connectivity index (χ1) is 8.02. The van der Waals surface area contributed by atoms with Gasteiger partial charge in [-0.05, 0) is 40.9 Å². The Bertz CT molecular complexity index is 433. The fourth-order valence-electron chi connectivity index (χ4n) is 1.38. The van der Waals surface area contributed by atoms with Crippen molar-refractivity contribution >= 4 is 27.7 Å². The first kappa shape index (κ1) is 13.7. The molecule has 0 bridgehead atoms. The average Bonchev–Trinajstić information content (AvgIpc) is 2.27. The summed E-state index contributed by atoms with van der Waals surface area (Å²) < 4.78 is 0.799. The minimum Gasteiger partial charge on any atom is -0.370 e. The number of hydrogen-bond acceptors (Lipinski definition) is 2. The second-order valence-corrected chi connectivity index (χ2v) is 4.56. The molecule has 0 fully saturated rings. The van der Waals surface area contributed by atoms with Crippen LogP contribution in [-0.2, 0) is 4.79 Å². The minimum atomic E-state index is -0.351. The van der Waals surface area contributed by atoms with Gasteiger partial charge in [0.2, 0.25) is 5.91 Å². The highest BCUT2D eigenvalue weighted by Gasteiger charge is 2.10. The number of amides is 2. The number of aryl methyl sites for hydroxylation is 1. The average molecular weight is 299 g/mol. The monoisotopic (exact) mass is 298 g/mol. The zero-order valence-electron chi connectivity index (χ0n) is 9.63. The predicted octanol–water partition coefficient (Wildman–Crippen LogP) is 1.75. The van der Waals surface area contributed by atoms with E-state index in [0.717, 1.165) is 10.0 Å². The maximum atomic E-state index is 11.8. The molecule has 0 atom stereocenters. The van der Waals surface area contributed by atoms with Crippen LogP contribution in [0.5, 0.6) is 0 Å². The minimum absolute atomic E-state index is 0.148. The molecule has 0 unspecified atom stereocenters. The van der Waals surface area contributed by atoms with E-state index in [-0.39, 0.29) is 18.2 Å². The molecule has 0 saturated heterocycles. The third kappa shape index (κ3) is 4.19. The molecule has 4 nitrogen and oxygen atoms in total. The second-order valence-electron chi connectivity index (χ2n) is 3.76. The summed E-state index contributed by atoms with van der Waals surface area (Å²) in [4.78, 5) is 22.3.